The van der Waals surface area contributed by atoms with E-state index in [0.717, 1.165) is 12.1 Å². The van der Waals surface area contributed by atoms with Crippen LogP contribution in [0, 0.1) is 0 Å². The smallest absolute Gasteiger partial charge is 0.263 e. The molecule has 2 heterocycles. The Morgan fingerprint density at radius 1 is 1.19 bits per heavy atom. The molecule has 0 amide bonds. The summed E-state index contributed by atoms with van der Waals surface area (Å²) < 4.78 is 40.9. The number of aromatic nitrogens is 4. The maximum Gasteiger partial charge on any atom is 0.416 e. The molecule has 3 rings (SSSR count). The zero-order valence-electron chi connectivity index (χ0n) is 13.9. The summed E-state index contributed by atoms with van der Waals surface area (Å²) in [6.45, 7) is 3.90. The molecule has 1 aromatic carbocycles. The van der Waals surface area contributed by atoms with E-state index in [1.807, 2.05) is 0 Å². The van der Waals surface area contributed by atoms with E-state index in [1.54, 1.807) is 12.1 Å². The van der Waals surface area contributed by atoms with Crippen molar-refractivity contribution < 1.29 is 13.2 Å². The van der Waals surface area contributed by atoms with Crippen molar-refractivity contribution in [1.29, 1.82) is 0 Å². The molecule has 3 aromatic rings. The topological polar surface area (TPSA) is 52.7 Å². The lowest BCUT2D eigenvalue weighted by Crippen LogP contribution is -2.24. The number of benzene rings is 1. The Hall–Kier alpha value is -2.87. The lowest BCUT2D eigenvalue weighted by molar-refractivity contribution is -0.137. The van der Waals surface area contributed by atoms with Crippen LogP contribution in [0.4, 0.5) is 13.2 Å². The van der Waals surface area contributed by atoms with Crippen molar-refractivity contribution >= 4 is 11.6 Å². The van der Waals surface area contributed by atoms with Gasteiger partial charge in [0.05, 0.1) is 16.3 Å². The van der Waals surface area contributed by atoms with Crippen LogP contribution >= 0.6 is 11.6 Å². The number of rotatable bonds is 5. The van der Waals surface area contributed by atoms with Gasteiger partial charge in [-0.25, -0.2) is 14.0 Å². The van der Waals surface area contributed by atoms with Gasteiger partial charge in [0, 0.05) is 24.5 Å². The summed E-state index contributed by atoms with van der Waals surface area (Å²) in [5, 5.41) is 4.58. The predicted octanol–water partition coefficient (Wildman–Crippen LogP) is 4.34. The van der Waals surface area contributed by atoms with Crippen LogP contribution in [-0.2, 0) is 12.7 Å². The van der Waals surface area contributed by atoms with Crippen molar-refractivity contribution in [2.24, 2.45) is 0 Å². The van der Waals surface area contributed by atoms with Gasteiger partial charge in [0.1, 0.15) is 0 Å². The molecular weight excluding hydrogens is 381 g/mol. The Morgan fingerprint density at radius 3 is 2.48 bits per heavy atom. The Bertz CT molecular complexity index is 1020. The van der Waals surface area contributed by atoms with Gasteiger partial charge >= 0.3 is 11.9 Å². The van der Waals surface area contributed by atoms with Crippen molar-refractivity contribution in [2.45, 2.75) is 19.1 Å². The van der Waals surface area contributed by atoms with Crippen LogP contribution in [0.25, 0.3) is 17.1 Å². The number of nitrogens with zero attached hydrogens (tertiary/aromatic N) is 4. The number of halogens is 4. The molecule has 0 fully saturated rings. The van der Waals surface area contributed by atoms with Crippen LogP contribution in [0.5, 0.6) is 0 Å². The minimum Gasteiger partial charge on any atom is -0.263 e. The molecule has 0 bridgehead atoms. The first-order valence-corrected chi connectivity index (χ1v) is 8.29. The fourth-order valence-electron chi connectivity index (χ4n) is 2.53. The Balaban J connectivity index is 2.18. The van der Waals surface area contributed by atoms with Gasteiger partial charge in [-0.15, -0.1) is 11.7 Å². The fourth-order valence-corrected chi connectivity index (χ4v) is 2.73. The van der Waals surface area contributed by atoms with E-state index in [0.29, 0.717) is 12.0 Å². The molecule has 27 heavy (non-hydrogen) atoms. The highest BCUT2D eigenvalue weighted by molar-refractivity contribution is 6.33. The first-order chi connectivity index (χ1) is 12.8. The average molecular weight is 395 g/mol. The second-order valence-corrected chi connectivity index (χ2v) is 6.05. The summed E-state index contributed by atoms with van der Waals surface area (Å²) in [6.07, 6.45) is 0.581. The van der Waals surface area contributed by atoms with Crippen LogP contribution in [-0.4, -0.2) is 19.3 Å². The first kappa shape index (κ1) is 18.9. The number of hydrogen-bond acceptors (Lipinski definition) is 3. The monoisotopic (exact) mass is 394 g/mol. The highest BCUT2D eigenvalue weighted by atomic mass is 35.5. The molecule has 0 aliphatic heterocycles. The molecule has 0 unspecified atom stereocenters. The number of alkyl halides is 3. The van der Waals surface area contributed by atoms with Crippen molar-refractivity contribution in [3.63, 3.8) is 0 Å². The van der Waals surface area contributed by atoms with Crippen LogP contribution in [0.15, 0.2) is 60.2 Å². The summed E-state index contributed by atoms with van der Waals surface area (Å²) in [7, 11) is 0. The molecule has 9 heteroatoms. The highest BCUT2D eigenvalue weighted by Crippen LogP contribution is 2.31. The lowest BCUT2D eigenvalue weighted by atomic mass is 10.2. The van der Waals surface area contributed by atoms with Crippen molar-refractivity contribution in [3.8, 4) is 17.1 Å². The zero-order chi connectivity index (χ0) is 19.6. The van der Waals surface area contributed by atoms with E-state index >= 15 is 0 Å². The van der Waals surface area contributed by atoms with E-state index in [9.17, 15) is 18.0 Å². The van der Waals surface area contributed by atoms with Crippen LogP contribution in [0.1, 0.15) is 12.0 Å². The quantitative estimate of drug-likeness (QED) is 0.605. The van der Waals surface area contributed by atoms with Crippen molar-refractivity contribution in [2.75, 3.05) is 0 Å². The summed E-state index contributed by atoms with van der Waals surface area (Å²) in [6, 6.07) is 5.87. The largest absolute Gasteiger partial charge is 0.416 e. The molecule has 140 valence electrons. The SMILES string of the molecule is C=CCCn1nc(-c2ccncc2Cl)n(-c2ccc(C(F)(F)F)cc2)c1=O. The fraction of sp³-hybridized carbons (Fsp3) is 0.167. The number of pyridine rings is 1. The molecule has 0 N–H and O–H groups in total. The Morgan fingerprint density at radius 2 is 1.89 bits per heavy atom. The number of hydrogen-bond donors (Lipinski definition) is 0. The maximum atomic E-state index is 12.8. The van der Waals surface area contributed by atoms with Gasteiger partial charge in [0.2, 0.25) is 0 Å². The molecule has 0 radical (unpaired) electrons. The predicted molar refractivity (Wildman–Crippen MR) is 95.9 cm³/mol. The van der Waals surface area contributed by atoms with Gasteiger partial charge in [-0.1, -0.05) is 17.7 Å². The van der Waals surface area contributed by atoms with E-state index in [2.05, 4.69) is 16.7 Å². The zero-order valence-corrected chi connectivity index (χ0v) is 14.7. The van der Waals surface area contributed by atoms with Crippen LogP contribution < -0.4 is 5.69 Å². The molecule has 0 spiro atoms. The molecule has 0 saturated carbocycles. The minimum absolute atomic E-state index is 0.219. The van der Waals surface area contributed by atoms with Gasteiger partial charge < -0.3 is 0 Å². The second-order valence-electron chi connectivity index (χ2n) is 5.64. The maximum absolute atomic E-state index is 12.8. The molecule has 5 nitrogen and oxygen atoms in total. The third kappa shape index (κ3) is 3.80. The van der Waals surface area contributed by atoms with Gasteiger partial charge in [-0.05, 0) is 36.8 Å². The minimum atomic E-state index is -4.46. The van der Waals surface area contributed by atoms with Crippen LogP contribution in [0.2, 0.25) is 5.02 Å². The van der Waals surface area contributed by atoms with Crippen molar-refractivity contribution in [3.05, 3.63) is 76.5 Å². The van der Waals surface area contributed by atoms with Crippen molar-refractivity contribution in [1.82, 2.24) is 19.3 Å². The first-order valence-electron chi connectivity index (χ1n) is 7.91. The summed E-state index contributed by atoms with van der Waals surface area (Å²) >= 11 is 6.18. The Labute approximate surface area is 157 Å². The molecule has 0 saturated heterocycles. The van der Waals surface area contributed by atoms with Gasteiger partial charge in [0.15, 0.2) is 5.82 Å². The molecule has 0 aliphatic rings. The number of aryl methyl sites for hydroxylation is 1. The number of allylic oxidation sites excluding steroid dienone is 1. The van der Waals surface area contributed by atoms with Gasteiger partial charge in [-0.3, -0.25) is 4.98 Å². The van der Waals surface area contributed by atoms with E-state index in [-0.39, 0.29) is 23.1 Å². The second kappa shape index (κ2) is 7.40. The lowest BCUT2D eigenvalue weighted by Gasteiger charge is -2.09. The Kier molecular flexibility index (Phi) is 5.18. The third-order valence-corrected chi connectivity index (χ3v) is 4.15. The van der Waals surface area contributed by atoms with E-state index in [1.165, 1.54) is 33.8 Å². The normalized spacial score (nSPS) is 11.6. The standard InChI is InChI=1S/C18H14ClF3N4O/c1-2-3-10-25-17(27)26(13-6-4-12(5-7-13)18(20,21)22)16(24-25)14-8-9-23-11-15(14)19/h2,4-9,11H,1,3,10H2. The van der Waals surface area contributed by atoms with Gasteiger partial charge in [-0.2, -0.15) is 13.2 Å². The summed E-state index contributed by atoms with van der Waals surface area (Å²) in [5.74, 6) is 0.219. The highest BCUT2D eigenvalue weighted by Gasteiger charge is 2.30. The van der Waals surface area contributed by atoms with E-state index in [4.69, 9.17) is 11.6 Å². The molecule has 0 aliphatic carbocycles. The average Bonchev–Trinajstić information content (AvgIpc) is 2.96. The summed E-state index contributed by atoms with van der Waals surface area (Å²) in [4.78, 5) is 16.7. The van der Waals surface area contributed by atoms with Gasteiger partial charge in [0.25, 0.3) is 0 Å². The molecule has 0 atom stereocenters. The van der Waals surface area contributed by atoms with Crippen LogP contribution in [0.3, 0.4) is 0 Å². The third-order valence-electron chi connectivity index (χ3n) is 3.85. The molecule has 2 aromatic heterocycles. The van der Waals surface area contributed by atoms with E-state index < -0.39 is 17.4 Å². The summed E-state index contributed by atoms with van der Waals surface area (Å²) in [5.41, 5.74) is -0.594. The molecular formula is C18H14ClF3N4O.